The summed E-state index contributed by atoms with van der Waals surface area (Å²) in [6.45, 7) is 4.27. The Bertz CT molecular complexity index is 266. The molecule has 12 heavy (non-hydrogen) atoms. The molecular weight excluding hydrogens is 172 g/mol. The van der Waals surface area contributed by atoms with Crippen molar-refractivity contribution in [3.05, 3.63) is 16.4 Å². The lowest BCUT2D eigenvalue weighted by Crippen LogP contribution is -1.91. The van der Waals surface area contributed by atoms with Crippen LogP contribution in [0.4, 0.5) is 0 Å². The minimum Gasteiger partial charge on any atom is -0.257 e. The third-order valence-electron chi connectivity index (χ3n) is 1.99. The standard InChI is InChI=1S/C9H15ClN2/c1-4-6-8-7(5-2)9(10)12(3)11-8/h4-6H2,1-3H3. The molecule has 0 saturated carbocycles. The van der Waals surface area contributed by atoms with Crippen LogP contribution in [0.15, 0.2) is 0 Å². The maximum atomic E-state index is 6.05. The number of aryl methyl sites for hydroxylation is 2. The van der Waals surface area contributed by atoms with Gasteiger partial charge in [0.2, 0.25) is 0 Å². The fraction of sp³-hybridized carbons (Fsp3) is 0.667. The van der Waals surface area contributed by atoms with E-state index in [9.17, 15) is 0 Å². The Morgan fingerprint density at radius 2 is 2.08 bits per heavy atom. The van der Waals surface area contributed by atoms with Crippen LogP contribution in [-0.2, 0) is 19.9 Å². The summed E-state index contributed by atoms with van der Waals surface area (Å²) < 4.78 is 1.76. The molecule has 0 bridgehead atoms. The molecule has 0 spiro atoms. The first-order valence-corrected chi connectivity index (χ1v) is 4.78. The van der Waals surface area contributed by atoms with Crippen LogP contribution in [0.5, 0.6) is 0 Å². The molecule has 1 aromatic rings. The number of nitrogens with zero attached hydrogens (tertiary/aromatic N) is 2. The van der Waals surface area contributed by atoms with Crippen molar-refractivity contribution in [1.29, 1.82) is 0 Å². The largest absolute Gasteiger partial charge is 0.257 e. The van der Waals surface area contributed by atoms with Crippen LogP contribution in [0.1, 0.15) is 31.5 Å². The van der Waals surface area contributed by atoms with Crippen molar-refractivity contribution in [3.63, 3.8) is 0 Å². The van der Waals surface area contributed by atoms with Crippen LogP contribution >= 0.6 is 11.6 Å². The molecule has 1 aromatic heterocycles. The zero-order chi connectivity index (χ0) is 9.14. The van der Waals surface area contributed by atoms with E-state index in [4.69, 9.17) is 11.6 Å². The monoisotopic (exact) mass is 186 g/mol. The van der Waals surface area contributed by atoms with Gasteiger partial charge < -0.3 is 0 Å². The first-order chi connectivity index (χ1) is 5.70. The van der Waals surface area contributed by atoms with E-state index in [-0.39, 0.29) is 0 Å². The normalized spacial score (nSPS) is 10.7. The summed E-state index contributed by atoms with van der Waals surface area (Å²) in [7, 11) is 1.89. The van der Waals surface area contributed by atoms with Crippen molar-refractivity contribution >= 4 is 11.6 Å². The molecule has 0 saturated heterocycles. The quantitative estimate of drug-likeness (QED) is 0.710. The summed E-state index contributed by atoms with van der Waals surface area (Å²) in [5.74, 6) is 0. The van der Waals surface area contributed by atoms with Crippen molar-refractivity contribution in [2.75, 3.05) is 0 Å². The zero-order valence-electron chi connectivity index (χ0n) is 7.89. The first kappa shape index (κ1) is 9.59. The molecule has 0 aliphatic carbocycles. The van der Waals surface area contributed by atoms with E-state index in [2.05, 4.69) is 18.9 Å². The van der Waals surface area contributed by atoms with E-state index in [1.807, 2.05) is 7.05 Å². The molecule has 0 atom stereocenters. The Morgan fingerprint density at radius 1 is 1.42 bits per heavy atom. The average molecular weight is 187 g/mol. The average Bonchev–Trinajstić information content (AvgIpc) is 2.29. The minimum atomic E-state index is 0.793. The van der Waals surface area contributed by atoms with E-state index in [0.717, 1.165) is 30.1 Å². The molecule has 0 unspecified atom stereocenters. The van der Waals surface area contributed by atoms with E-state index >= 15 is 0 Å². The number of rotatable bonds is 3. The van der Waals surface area contributed by atoms with Gasteiger partial charge in [0.1, 0.15) is 5.15 Å². The highest BCUT2D eigenvalue weighted by molar-refractivity contribution is 6.30. The van der Waals surface area contributed by atoms with Crippen LogP contribution in [-0.4, -0.2) is 9.78 Å². The van der Waals surface area contributed by atoms with E-state index in [1.54, 1.807) is 4.68 Å². The predicted molar refractivity (Wildman–Crippen MR) is 51.6 cm³/mol. The SMILES string of the molecule is CCCc1nn(C)c(Cl)c1CC. The highest BCUT2D eigenvalue weighted by Gasteiger charge is 2.10. The number of aromatic nitrogens is 2. The molecule has 1 rings (SSSR count). The van der Waals surface area contributed by atoms with Gasteiger partial charge in [-0.2, -0.15) is 5.10 Å². The van der Waals surface area contributed by atoms with Crippen molar-refractivity contribution < 1.29 is 0 Å². The molecule has 0 aromatic carbocycles. The summed E-state index contributed by atoms with van der Waals surface area (Å²) in [6.07, 6.45) is 3.13. The molecule has 0 amide bonds. The van der Waals surface area contributed by atoms with Gasteiger partial charge >= 0.3 is 0 Å². The van der Waals surface area contributed by atoms with Crippen LogP contribution < -0.4 is 0 Å². The van der Waals surface area contributed by atoms with Crippen LogP contribution in [0.25, 0.3) is 0 Å². The van der Waals surface area contributed by atoms with Gasteiger partial charge in [0.15, 0.2) is 0 Å². The maximum absolute atomic E-state index is 6.05. The van der Waals surface area contributed by atoms with Crippen molar-refractivity contribution in [1.82, 2.24) is 9.78 Å². The summed E-state index contributed by atoms with van der Waals surface area (Å²) >= 11 is 6.05. The number of hydrogen-bond donors (Lipinski definition) is 0. The molecule has 2 nitrogen and oxygen atoms in total. The fourth-order valence-corrected chi connectivity index (χ4v) is 1.67. The third kappa shape index (κ3) is 1.63. The highest BCUT2D eigenvalue weighted by Crippen LogP contribution is 2.20. The second-order valence-electron chi connectivity index (χ2n) is 2.94. The van der Waals surface area contributed by atoms with Gasteiger partial charge in [-0.15, -0.1) is 0 Å². The lowest BCUT2D eigenvalue weighted by atomic mass is 10.1. The Labute approximate surface area is 78.5 Å². The van der Waals surface area contributed by atoms with Gasteiger partial charge in [0.05, 0.1) is 5.69 Å². The molecule has 1 heterocycles. The molecule has 0 fully saturated rings. The van der Waals surface area contributed by atoms with Gasteiger partial charge in [0, 0.05) is 12.6 Å². The van der Waals surface area contributed by atoms with Gasteiger partial charge in [-0.25, -0.2) is 0 Å². The second-order valence-corrected chi connectivity index (χ2v) is 3.30. The lowest BCUT2D eigenvalue weighted by molar-refractivity contribution is 0.734. The van der Waals surface area contributed by atoms with E-state index in [1.165, 1.54) is 5.56 Å². The summed E-state index contributed by atoms with van der Waals surface area (Å²) in [6, 6.07) is 0. The lowest BCUT2D eigenvalue weighted by Gasteiger charge is -1.95. The minimum absolute atomic E-state index is 0.793. The van der Waals surface area contributed by atoms with Gasteiger partial charge in [-0.3, -0.25) is 4.68 Å². The van der Waals surface area contributed by atoms with Crippen LogP contribution in [0, 0.1) is 0 Å². The van der Waals surface area contributed by atoms with Crippen LogP contribution in [0.2, 0.25) is 5.15 Å². The molecule has 0 radical (unpaired) electrons. The topological polar surface area (TPSA) is 17.8 Å². The van der Waals surface area contributed by atoms with Crippen molar-refractivity contribution in [3.8, 4) is 0 Å². The number of hydrogen-bond acceptors (Lipinski definition) is 1. The molecule has 0 N–H and O–H groups in total. The smallest absolute Gasteiger partial charge is 0.130 e. The predicted octanol–water partition coefficient (Wildman–Crippen LogP) is 2.59. The molecular formula is C9H15ClN2. The summed E-state index contributed by atoms with van der Waals surface area (Å²) in [5.41, 5.74) is 2.37. The van der Waals surface area contributed by atoms with Crippen LogP contribution in [0.3, 0.4) is 0 Å². The zero-order valence-corrected chi connectivity index (χ0v) is 8.65. The van der Waals surface area contributed by atoms with Gasteiger partial charge in [0.25, 0.3) is 0 Å². The maximum Gasteiger partial charge on any atom is 0.130 e. The Hall–Kier alpha value is -0.500. The molecule has 0 aliphatic heterocycles. The highest BCUT2D eigenvalue weighted by atomic mass is 35.5. The molecule has 3 heteroatoms. The fourth-order valence-electron chi connectivity index (χ4n) is 1.39. The molecule has 0 aliphatic rings. The van der Waals surface area contributed by atoms with Crippen molar-refractivity contribution in [2.24, 2.45) is 7.05 Å². The van der Waals surface area contributed by atoms with E-state index in [0.29, 0.717) is 0 Å². The van der Waals surface area contributed by atoms with Gasteiger partial charge in [-0.05, 0) is 12.8 Å². The third-order valence-corrected chi connectivity index (χ3v) is 2.47. The summed E-state index contributed by atoms with van der Waals surface area (Å²) in [5, 5.41) is 5.15. The van der Waals surface area contributed by atoms with E-state index < -0.39 is 0 Å². The summed E-state index contributed by atoms with van der Waals surface area (Å²) in [4.78, 5) is 0. The Kier molecular flexibility index (Phi) is 3.15. The number of halogens is 1. The second kappa shape index (κ2) is 3.94. The first-order valence-electron chi connectivity index (χ1n) is 4.40. The van der Waals surface area contributed by atoms with Gasteiger partial charge in [-0.1, -0.05) is 31.9 Å². The molecule has 68 valence electrons. The van der Waals surface area contributed by atoms with Crippen molar-refractivity contribution in [2.45, 2.75) is 33.1 Å². The Balaban J connectivity index is 3.02. The Morgan fingerprint density at radius 3 is 2.58 bits per heavy atom.